The van der Waals surface area contributed by atoms with Crippen LogP contribution in [0, 0.1) is 6.92 Å². The number of fused-ring (bicyclic) bond motifs is 4. The molecule has 0 unspecified atom stereocenters. The highest BCUT2D eigenvalue weighted by Gasteiger charge is 2.22. The first-order chi connectivity index (χ1) is 55.9. The van der Waals surface area contributed by atoms with Gasteiger partial charge in [-0.05, 0) is 242 Å². The Hall–Kier alpha value is -14.6. The maximum atomic E-state index is 2.40. The van der Waals surface area contributed by atoms with E-state index in [1.165, 1.54) is 204 Å². The maximum Gasteiger partial charge on any atom is -0.00258 e. The highest BCUT2D eigenvalue weighted by Crippen LogP contribution is 2.49. The van der Waals surface area contributed by atoms with Crippen molar-refractivity contribution in [2.45, 2.75) is 6.92 Å². The van der Waals surface area contributed by atoms with Gasteiger partial charge in [-0.1, -0.05) is 424 Å². The number of hydrogen-bond donors (Lipinski definition) is 0. The molecule has 0 fully saturated rings. The Morgan fingerprint density at radius 3 is 0.478 bits per heavy atom. The second-order valence-corrected chi connectivity index (χ2v) is 29.4. The van der Waals surface area contributed by atoms with Crippen molar-refractivity contribution in [2.75, 3.05) is 0 Å². The van der Waals surface area contributed by atoms with Crippen molar-refractivity contribution in [1.82, 2.24) is 0 Å². The lowest BCUT2D eigenvalue weighted by Crippen LogP contribution is -1.94. The van der Waals surface area contributed by atoms with Crippen molar-refractivity contribution in [2.24, 2.45) is 0 Å². The molecule has 0 N–H and O–H groups in total. The van der Waals surface area contributed by atoms with Gasteiger partial charge in [0.05, 0.1) is 0 Å². The third kappa shape index (κ3) is 14.0. The summed E-state index contributed by atoms with van der Waals surface area (Å²) in [5.74, 6) is 0. The van der Waals surface area contributed by atoms with E-state index in [4.69, 9.17) is 0 Å². The largest absolute Gasteiger partial charge is 0.0622 e. The van der Waals surface area contributed by atoms with E-state index in [9.17, 15) is 0 Å². The summed E-state index contributed by atoms with van der Waals surface area (Å²) in [4.78, 5) is 0. The Kier molecular flexibility index (Phi) is 18.8. The molecule has 0 saturated heterocycles. The average Bonchev–Trinajstić information content (AvgIpc) is 0.660. The Labute approximate surface area is 661 Å². The first-order valence-corrected chi connectivity index (χ1v) is 39.1. The molecule has 0 saturated carbocycles. The molecule has 0 atom stereocenters. The summed E-state index contributed by atoms with van der Waals surface area (Å²) in [6, 6.07) is 166. The summed E-state index contributed by atoms with van der Waals surface area (Å²) in [6.45, 7) is 2.21. The third-order valence-corrected chi connectivity index (χ3v) is 22.4. The fourth-order valence-electron chi connectivity index (χ4n) is 16.7. The van der Waals surface area contributed by atoms with Gasteiger partial charge in [0.15, 0.2) is 0 Å². The molecule has 0 aliphatic carbocycles. The van der Waals surface area contributed by atoms with Crippen LogP contribution < -0.4 is 0 Å². The van der Waals surface area contributed by atoms with E-state index in [2.05, 4.69) is 462 Å². The first-order valence-electron chi connectivity index (χ1n) is 39.1. The minimum Gasteiger partial charge on any atom is -0.0622 e. The number of aryl methyl sites for hydroxylation is 1. The first kappa shape index (κ1) is 68.9. The minimum atomic E-state index is 1.19. The second kappa shape index (κ2) is 30.8. The smallest absolute Gasteiger partial charge is 0.00258 e. The van der Waals surface area contributed by atoms with Gasteiger partial charge in [-0.2, -0.15) is 0 Å². The molecule has 20 rings (SSSR count). The zero-order valence-electron chi connectivity index (χ0n) is 62.8. The predicted molar refractivity (Wildman–Crippen MR) is 484 cm³/mol. The number of benzene rings is 20. The molecular formula is C113H78. The van der Waals surface area contributed by atoms with Crippen LogP contribution in [0.4, 0.5) is 0 Å². The Balaban J connectivity index is 0.000000156. The fourth-order valence-corrected chi connectivity index (χ4v) is 16.7. The third-order valence-electron chi connectivity index (χ3n) is 22.4. The van der Waals surface area contributed by atoms with Crippen LogP contribution in [0.15, 0.2) is 455 Å². The van der Waals surface area contributed by atoms with Gasteiger partial charge in [0, 0.05) is 0 Å². The Bertz CT molecular complexity index is 6530. The maximum absolute atomic E-state index is 2.40. The van der Waals surface area contributed by atoms with E-state index in [0.29, 0.717) is 0 Å². The van der Waals surface area contributed by atoms with E-state index in [0.717, 1.165) is 0 Å². The van der Waals surface area contributed by atoms with Gasteiger partial charge in [-0.3, -0.25) is 0 Å². The van der Waals surface area contributed by atoms with E-state index in [-0.39, 0.29) is 0 Å². The van der Waals surface area contributed by atoms with Crippen molar-refractivity contribution in [3.63, 3.8) is 0 Å². The summed E-state index contributed by atoms with van der Waals surface area (Å²) in [6.07, 6.45) is 0. The van der Waals surface area contributed by atoms with Crippen LogP contribution >= 0.6 is 0 Å². The molecule has 0 aliphatic heterocycles. The zero-order valence-corrected chi connectivity index (χ0v) is 62.8. The number of rotatable bonds is 14. The zero-order chi connectivity index (χ0) is 75.4. The van der Waals surface area contributed by atoms with E-state index in [1.54, 1.807) is 0 Å². The van der Waals surface area contributed by atoms with Gasteiger partial charge in [-0.25, -0.2) is 0 Å². The molecular weight excluding hydrogens is 1360 g/mol. The van der Waals surface area contributed by atoms with E-state index < -0.39 is 0 Å². The molecule has 0 heteroatoms. The molecule has 0 radical (unpaired) electrons. The monoisotopic (exact) mass is 1430 g/mol. The highest BCUT2D eigenvalue weighted by molar-refractivity contribution is 6.23. The number of hydrogen-bond acceptors (Lipinski definition) is 0. The molecule has 20 aromatic rings. The molecule has 530 valence electrons. The quantitative estimate of drug-likeness (QED) is 0.0952. The molecule has 0 amide bonds. The highest BCUT2D eigenvalue weighted by atomic mass is 14.3. The van der Waals surface area contributed by atoms with Crippen molar-refractivity contribution >= 4 is 43.1 Å². The van der Waals surface area contributed by atoms with Gasteiger partial charge in [-0.15, -0.1) is 0 Å². The fraction of sp³-hybridized carbons (Fsp3) is 0.00885. The van der Waals surface area contributed by atoms with Crippen LogP contribution in [-0.4, -0.2) is 0 Å². The topological polar surface area (TPSA) is 0 Å². The lowest BCUT2D eigenvalue weighted by molar-refractivity contribution is 1.50. The van der Waals surface area contributed by atoms with E-state index in [1.807, 2.05) is 0 Å². The summed E-state index contributed by atoms with van der Waals surface area (Å²) >= 11 is 0. The molecule has 113 heavy (non-hydrogen) atoms. The van der Waals surface area contributed by atoms with Crippen molar-refractivity contribution in [3.05, 3.63) is 461 Å². The normalized spacial score (nSPS) is 11.2. The molecule has 0 heterocycles. The van der Waals surface area contributed by atoms with Crippen LogP contribution in [0.1, 0.15) is 5.56 Å². The average molecular weight is 1440 g/mol. The summed E-state index contributed by atoms with van der Waals surface area (Å²) < 4.78 is 0. The summed E-state index contributed by atoms with van der Waals surface area (Å²) in [5, 5.41) is 10.0. The minimum absolute atomic E-state index is 1.19. The molecule has 0 spiro atoms. The molecule has 0 aliphatic rings. The molecule has 0 aromatic heterocycles. The second-order valence-electron chi connectivity index (χ2n) is 29.4. The van der Waals surface area contributed by atoms with Crippen molar-refractivity contribution in [3.8, 4) is 156 Å². The van der Waals surface area contributed by atoms with Crippen LogP contribution in [0.25, 0.3) is 199 Å². The molecule has 0 bridgehead atoms. The van der Waals surface area contributed by atoms with Gasteiger partial charge in [0.2, 0.25) is 0 Å². The van der Waals surface area contributed by atoms with Gasteiger partial charge >= 0.3 is 0 Å². The lowest BCUT2D eigenvalue weighted by atomic mass is 9.83. The van der Waals surface area contributed by atoms with Gasteiger partial charge in [0.25, 0.3) is 0 Å². The predicted octanol–water partition coefficient (Wildman–Crippen LogP) is 31.6. The summed E-state index contributed by atoms with van der Waals surface area (Å²) in [5.41, 5.74) is 35.4. The van der Waals surface area contributed by atoms with Crippen LogP contribution in [-0.2, 0) is 0 Å². The van der Waals surface area contributed by atoms with Crippen LogP contribution in [0.3, 0.4) is 0 Å². The molecule has 20 aromatic carbocycles. The van der Waals surface area contributed by atoms with Crippen molar-refractivity contribution in [1.29, 1.82) is 0 Å². The van der Waals surface area contributed by atoms with Crippen molar-refractivity contribution < 1.29 is 0 Å². The van der Waals surface area contributed by atoms with Gasteiger partial charge in [0.1, 0.15) is 0 Å². The van der Waals surface area contributed by atoms with Crippen LogP contribution in [0.5, 0.6) is 0 Å². The SMILES string of the molecule is Cc1ccc2c(-c3cc(-c4ccccc4)cc(-c4ccc(-c5ccccc5)cc4)c3)c3ccccc3c(-c3cc(-c4ccccc4)cc(-c4ccc(-c5ccccc5)cc4)c3)c2c1.c1ccc(-c2ccc(-c3ccc(-c4c5ccccc5c(-c5ccc(-c6ccc(-c7ccccc7)cc6)cc5)c5ccccc45)cc3)cc2)cc1. The lowest BCUT2D eigenvalue weighted by Gasteiger charge is -2.20. The van der Waals surface area contributed by atoms with Gasteiger partial charge < -0.3 is 0 Å². The molecule has 0 nitrogen and oxygen atoms in total. The summed E-state index contributed by atoms with van der Waals surface area (Å²) in [7, 11) is 0. The Morgan fingerprint density at radius 1 is 0.0973 bits per heavy atom. The Morgan fingerprint density at radius 2 is 0.248 bits per heavy atom. The van der Waals surface area contributed by atoms with E-state index >= 15 is 0 Å². The van der Waals surface area contributed by atoms with Crippen LogP contribution in [0.2, 0.25) is 0 Å². The standard InChI is InChI=1S/C63H44.C50H34/c1-43-26-35-60-61(36-43)63(57-40-53(47-22-12-5-13-23-47)38-55(42-57)51-33-29-49(30-34-51)45-18-8-3-9-19-45)59-25-15-14-24-58(59)62(60)56-39-52(46-20-10-4-11-21-46)37-54(41-56)50-31-27-48(28-32-50)44-16-6-2-7-17-44;1-3-11-35(12-4-1)37-19-23-39(24-20-37)41-27-31-43(32-28-41)49-45-15-7-9-17-47(45)50(48-18-10-8-16-46(48)49)44-33-29-42(30-34-44)40-25-21-38(22-26-40)36-13-5-2-6-14-36/h2-42H,1H3;1-34H.